The molecule has 1 unspecified atom stereocenters. The summed E-state index contributed by atoms with van der Waals surface area (Å²) in [6, 6.07) is 0.683. The first-order chi connectivity index (χ1) is 6.61. The number of nitrogens with zero attached hydrogens (tertiary/aromatic N) is 1. The Kier molecular flexibility index (Phi) is 7.73. The summed E-state index contributed by atoms with van der Waals surface area (Å²) in [7, 11) is 4.39. The molecule has 0 aliphatic rings. The summed E-state index contributed by atoms with van der Waals surface area (Å²) < 4.78 is 0. The van der Waals surface area contributed by atoms with E-state index in [1.165, 1.54) is 31.2 Å². The molecule has 0 aromatic carbocycles. The van der Waals surface area contributed by atoms with Gasteiger partial charge in [0.15, 0.2) is 0 Å². The van der Waals surface area contributed by atoms with Crippen LogP contribution in [0.5, 0.6) is 0 Å². The second kappa shape index (κ2) is 7.96. The van der Waals surface area contributed by atoms with Crippen LogP contribution in [0.1, 0.15) is 52.9 Å². The van der Waals surface area contributed by atoms with Crippen LogP contribution in [-0.2, 0) is 0 Å². The third-order valence-electron chi connectivity index (χ3n) is 2.90. The average Bonchev–Trinajstić information content (AvgIpc) is 2.17. The lowest BCUT2D eigenvalue weighted by molar-refractivity contribution is 0.324. The molecule has 0 fully saturated rings. The topological polar surface area (TPSA) is 3.24 Å². The quantitative estimate of drug-likeness (QED) is 0.446. The summed E-state index contributed by atoms with van der Waals surface area (Å²) >= 11 is 0. The number of unbranched alkanes of at least 4 members (excludes halogenated alkanes) is 2. The first kappa shape index (κ1) is 13.6. The smallest absolute Gasteiger partial charge is 0.135 e. The molecular weight excluding hydrogens is 169 g/mol. The van der Waals surface area contributed by atoms with Gasteiger partial charge in [-0.15, -0.1) is 0 Å². The van der Waals surface area contributed by atoms with Crippen molar-refractivity contribution in [2.75, 3.05) is 7.05 Å². The van der Waals surface area contributed by atoms with Crippen LogP contribution in [0.15, 0.2) is 11.7 Å². The lowest BCUT2D eigenvalue weighted by Crippen LogP contribution is -2.24. The Hall–Kier alpha value is -0.395. The zero-order valence-corrected chi connectivity index (χ0v) is 10.6. The minimum Gasteiger partial charge on any atom is -0.379 e. The number of hydrogen-bond donors (Lipinski definition) is 0. The van der Waals surface area contributed by atoms with Crippen LogP contribution in [0.2, 0.25) is 0 Å². The van der Waals surface area contributed by atoms with E-state index in [1.807, 2.05) is 0 Å². The molecule has 0 spiro atoms. The van der Waals surface area contributed by atoms with Gasteiger partial charge in [-0.3, -0.25) is 0 Å². The third kappa shape index (κ3) is 6.12. The van der Waals surface area contributed by atoms with Gasteiger partial charge >= 0.3 is 0 Å². The van der Waals surface area contributed by atoms with Crippen LogP contribution >= 0.6 is 0 Å². The van der Waals surface area contributed by atoms with E-state index in [9.17, 15) is 0 Å². The van der Waals surface area contributed by atoms with Crippen molar-refractivity contribution in [3.63, 3.8) is 0 Å². The van der Waals surface area contributed by atoms with Gasteiger partial charge in [-0.05, 0) is 26.0 Å². The van der Waals surface area contributed by atoms with E-state index in [2.05, 4.69) is 46.8 Å². The van der Waals surface area contributed by atoms with Crippen molar-refractivity contribution in [1.82, 2.24) is 4.90 Å². The van der Waals surface area contributed by atoms with E-state index < -0.39 is 0 Å². The van der Waals surface area contributed by atoms with Crippen molar-refractivity contribution >= 4 is 7.85 Å². The molecule has 0 amide bonds. The highest BCUT2D eigenvalue weighted by Gasteiger charge is 2.04. The summed E-state index contributed by atoms with van der Waals surface area (Å²) in [5.41, 5.74) is 1.47. The minimum absolute atomic E-state index is 0.683. The average molecular weight is 195 g/mol. The molecule has 14 heavy (non-hydrogen) atoms. The molecule has 0 rings (SSSR count). The maximum absolute atomic E-state index is 2.36. The van der Waals surface area contributed by atoms with Crippen molar-refractivity contribution in [2.24, 2.45) is 0 Å². The van der Waals surface area contributed by atoms with Gasteiger partial charge in [-0.2, -0.15) is 0 Å². The SMILES string of the molecule is B/C(=C/N(C)C(C)CCCCC)CC. The summed E-state index contributed by atoms with van der Waals surface area (Å²) in [5.74, 6) is 0. The van der Waals surface area contributed by atoms with Gasteiger partial charge in [0.25, 0.3) is 0 Å². The number of rotatable bonds is 7. The van der Waals surface area contributed by atoms with Gasteiger partial charge in [0.1, 0.15) is 7.85 Å². The zero-order valence-electron chi connectivity index (χ0n) is 10.6. The maximum atomic E-state index is 2.36. The Labute approximate surface area is 91.0 Å². The Morgan fingerprint density at radius 3 is 2.50 bits per heavy atom. The largest absolute Gasteiger partial charge is 0.379 e. The van der Waals surface area contributed by atoms with Crippen LogP contribution in [-0.4, -0.2) is 25.8 Å². The van der Waals surface area contributed by atoms with Gasteiger partial charge < -0.3 is 4.90 Å². The predicted molar refractivity (Wildman–Crippen MR) is 68.3 cm³/mol. The molecule has 0 aromatic heterocycles. The van der Waals surface area contributed by atoms with E-state index in [1.54, 1.807) is 0 Å². The second-order valence-electron chi connectivity index (χ2n) is 4.34. The molecule has 0 heterocycles. The van der Waals surface area contributed by atoms with Crippen LogP contribution in [0.25, 0.3) is 0 Å². The molecule has 1 atom stereocenters. The van der Waals surface area contributed by atoms with Gasteiger partial charge in [0.2, 0.25) is 0 Å². The highest BCUT2D eigenvalue weighted by atomic mass is 15.1. The fourth-order valence-electron chi connectivity index (χ4n) is 1.46. The lowest BCUT2D eigenvalue weighted by atomic mass is 9.94. The van der Waals surface area contributed by atoms with Gasteiger partial charge in [-0.25, -0.2) is 0 Å². The highest BCUT2D eigenvalue weighted by molar-refractivity contribution is 6.21. The Bertz CT molecular complexity index is 166. The molecule has 1 nitrogen and oxygen atoms in total. The number of hydrogen-bond acceptors (Lipinski definition) is 1. The maximum Gasteiger partial charge on any atom is 0.135 e. The molecule has 82 valence electrons. The summed E-state index contributed by atoms with van der Waals surface area (Å²) in [5, 5.41) is 0. The third-order valence-corrected chi connectivity index (χ3v) is 2.90. The fraction of sp³-hybridized carbons (Fsp3) is 0.833. The molecule has 0 saturated heterocycles. The first-order valence-corrected chi connectivity index (χ1v) is 6.01. The summed E-state index contributed by atoms with van der Waals surface area (Å²) in [4.78, 5) is 2.36. The lowest BCUT2D eigenvalue weighted by Gasteiger charge is -2.24. The van der Waals surface area contributed by atoms with Crippen LogP contribution < -0.4 is 0 Å². The molecule has 2 heteroatoms. The van der Waals surface area contributed by atoms with Crippen LogP contribution in [0, 0.1) is 0 Å². The standard InChI is InChI=1S/C12H26BN/c1-5-7-8-9-11(3)14(4)10-12(13)6-2/h10-11H,5-9,13H2,1-4H3/b12-10+. The van der Waals surface area contributed by atoms with E-state index in [4.69, 9.17) is 0 Å². The monoisotopic (exact) mass is 195 g/mol. The molecule has 0 aliphatic carbocycles. The second-order valence-corrected chi connectivity index (χ2v) is 4.34. The van der Waals surface area contributed by atoms with Crippen molar-refractivity contribution in [1.29, 1.82) is 0 Å². The van der Waals surface area contributed by atoms with Crippen molar-refractivity contribution in [3.05, 3.63) is 11.7 Å². The van der Waals surface area contributed by atoms with Crippen LogP contribution in [0.3, 0.4) is 0 Å². The molecule has 0 aliphatic heterocycles. The Morgan fingerprint density at radius 2 is 2.00 bits per heavy atom. The summed E-state index contributed by atoms with van der Waals surface area (Å²) in [6.07, 6.45) is 8.82. The van der Waals surface area contributed by atoms with Gasteiger partial charge in [0.05, 0.1) is 0 Å². The van der Waals surface area contributed by atoms with Crippen LogP contribution in [0.4, 0.5) is 0 Å². The zero-order chi connectivity index (χ0) is 11.0. The molecule has 0 saturated carbocycles. The molecule has 0 N–H and O–H groups in total. The minimum atomic E-state index is 0.683. The van der Waals surface area contributed by atoms with Gasteiger partial charge in [0, 0.05) is 13.1 Å². The Balaban J connectivity index is 3.80. The molecule has 0 bridgehead atoms. The predicted octanol–water partition coefficient (Wildman–Crippen LogP) is 2.77. The van der Waals surface area contributed by atoms with Crippen molar-refractivity contribution in [2.45, 2.75) is 58.9 Å². The molecule has 0 radical (unpaired) electrons. The first-order valence-electron chi connectivity index (χ1n) is 6.01. The summed E-state index contributed by atoms with van der Waals surface area (Å²) in [6.45, 7) is 6.78. The highest BCUT2D eigenvalue weighted by Crippen LogP contribution is 2.09. The number of allylic oxidation sites excluding steroid dienone is 1. The van der Waals surface area contributed by atoms with E-state index in [0.29, 0.717) is 6.04 Å². The fourth-order valence-corrected chi connectivity index (χ4v) is 1.46. The molecule has 0 aromatic rings. The van der Waals surface area contributed by atoms with E-state index in [0.717, 1.165) is 6.42 Å². The molecular formula is C12H26BN. The van der Waals surface area contributed by atoms with E-state index in [-0.39, 0.29) is 0 Å². The van der Waals surface area contributed by atoms with Crippen molar-refractivity contribution < 1.29 is 0 Å². The van der Waals surface area contributed by atoms with Gasteiger partial charge in [-0.1, -0.05) is 38.6 Å². The normalized spacial score (nSPS) is 14.1. The van der Waals surface area contributed by atoms with E-state index >= 15 is 0 Å². The van der Waals surface area contributed by atoms with Crippen molar-refractivity contribution in [3.8, 4) is 0 Å². The Morgan fingerprint density at radius 1 is 1.36 bits per heavy atom.